The van der Waals surface area contributed by atoms with Gasteiger partial charge in [0.25, 0.3) is 0 Å². The Hall–Kier alpha value is -1.71. The Balaban J connectivity index is 3.07. The van der Waals surface area contributed by atoms with Crippen LogP contribution in [0, 0.1) is 22.8 Å². The van der Waals surface area contributed by atoms with Gasteiger partial charge in [-0.2, -0.15) is 5.26 Å². The molecule has 3 heteroatoms. The van der Waals surface area contributed by atoms with Gasteiger partial charge in [0.05, 0.1) is 17.2 Å². The second kappa shape index (κ2) is 4.21. The number of nitriles is 1. The van der Waals surface area contributed by atoms with Crippen LogP contribution in [0.3, 0.4) is 0 Å². The van der Waals surface area contributed by atoms with Crippen LogP contribution >= 0.6 is 0 Å². The predicted molar refractivity (Wildman–Crippen MR) is 63.0 cm³/mol. The number of phenolic OH excluding ortho intramolecular Hbond substituents is 1. The Kier molecular flexibility index (Phi) is 3.19. The molecule has 0 aliphatic carbocycles. The predicted octanol–water partition coefficient (Wildman–Crippen LogP) is 2.49. The lowest BCUT2D eigenvalue weighted by molar-refractivity contribution is 0.473. The molecule has 0 spiro atoms. The van der Waals surface area contributed by atoms with E-state index in [-0.39, 0.29) is 5.75 Å². The lowest BCUT2D eigenvalue weighted by Gasteiger charge is -2.03. The zero-order valence-electron chi connectivity index (χ0n) is 9.13. The molecule has 1 N–H and O–H groups in total. The Morgan fingerprint density at radius 2 is 1.93 bits per heavy atom. The largest absolute Gasteiger partial charge is 0.507 e. The number of rotatable bonds is 0. The number of benzene rings is 1. The van der Waals surface area contributed by atoms with E-state index in [1.807, 2.05) is 6.07 Å². The number of nitrogens with zero attached hydrogens (tertiary/aromatic N) is 1. The van der Waals surface area contributed by atoms with Crippen molar-refractivity contribution in [2.45, 2.75) is 19.6 Å². The molecule has 0 amide bonds. The van der Waals surface area contributed by atoms with Crippen LogP contribution in [0.5, 0.6) is 5.75 Å². The molecule has 1 aromatic carbocycles. The summed E-state index contributed by atoms with van der Waals surface area (Å²) in [6.07, 6.45) is 0. The van der Waals surface area contributed by atoms with E-state index in [1.54, 1.807) is 12.1 Å². The molecular weight excluding hydrogens is 202 g/mol. The van der Waals surface area contributed by atoms with Gasteiger partial charge in [-0.15, -0.1) is 5.54 Å². The zero-order chi connectivity index (χ0) is 11.5. The van der Waals surface area contributed by atoms with Crippen molar-refractivity contribution in [2.75, 3.05) is 0 Å². The van der Waals surface area contributed by atoms with Gasteiger partial charge in [0.1, 0.15) is 13.8 Å². The minimum atomic E-state index is -1.42. The van der Waals surface area contributed by atoms with Gasteiger partial charge in [-0.3, -0.25) is 0 Å². The number of phenols is 1. The van der Waals surface area contributed by atoms with Crippen molar-refractivity contribution >= 4 is 8.07 Å². The maximum atomic E-state index is 9.58. The number of hydrogen-bond acceptors (Lipinski definition) is 2. The number of aromatic hydroxyl groups is 1. The smallest absolute Gasteiger partial charge is 0.132 e. The first-order chi connectivity index (χ1) is 6.92. The Labute approximate surface area is 91.2 Å². The van der Waals surface area contributed by atoms with E-state index >= 15 is 0 Å². The standard InChI is InChI=1S/C12H13NOSi/c1-15(2,3)7-6-11-5-4-10(9-13)8-12(11)14/h4-5,8,14H,1-3H3. The van der Waals surface area contributed by atoms with Crippen molar-refractivity contribution in [3.05, 3.63) is 29.3 Å². The molecule has 76 valence electrons. The molecule has 2 nitrogen and oxygen atoms in total. The molecule has 0 saturated carbocycles. The van der Waals surface area contributed by atoms with Crippen molar-refractivity contribution in [1.29, 1.82) is 5.26 Å². The molecular formula is C12H13NOSi. The normalized spacial score (nSPS) is 10.0. The van der Waals surface area contributed by atoms with Crippen LogP contribution in [0.4, 0.5) is 0 Å². The van der Waals surface area contributed by atoms with Crippen LogP contribution in [0.15, 0.2) is 18.2 Å². The average molecular weight is 215 g/mol. The van der Waals surface area contributed by atoms with Crippen LogP contribution in [-0.4, -0.2) is 13.2 Å². The molecule has 0 fully saturated rings. The van der Waals surface area contributed by atoms with Crippen LogP contribution < -0.4 is 0 Å². The quantitative estimate of drug-likeness (QED) is 0.534. The fourth-order valence-corrected chi connectivity index (χ4v) is 1.47. The molecule has 0 saturated heterocycles. The van der Waals surface area contributed by atoms with Gasteiger partial charge >= 0.3 is 0 Å². The first-order valence-electron chi connectivity index (χ1n) is 4.69. The minimum Gasteiger partial charge on any atom is -0.507 e. The molecule has 0 aliphatic rings. The molecule has 0 heterocycles. The van der Waals surface area contributed by atoms with Crippen LogP contribution in [0.1, 0.15) is 11.1 Å². The van der Waals surface area contributed by atoms with Gasteiger partial charge in [-0.1, -0.05) is 25.6 Å². The van der Waals surface area contributed by atoms with E-state index in [9.17, 15) is 5.11 Å². The minimum absolute atomic E-state index is 0.0831. The lowest BCUT2D eigenvalue weighted by atomic mass is 10.1. The molecule has 0 atom stereocenters. The first-order valence-corrected chi connectivity index (χ1v) is 8.19. The molecule has 1 aromatic rings. The van der Waals surface area contributed by atoms with E-state index in [0.717, 1.165) is 0 Å². The van der Waals surface area contributed by atoms with Gasteiger partial charge in [-0.05, 0) is 18.2 Å². The maximum Gasteiger partial charge on any atom is 0.132 e. The highest BCUT2D eigenvalue weighted by Gasteiger charge is 2.08. The maximum absolute atomic E-state index is 9.58. The van der Waals surface area contributed by atoms with Gasteiger partial charge in [0.15, 0.2) is 0 Å². The third-order valence-electron chi connectivity index (χ3n) is 1.70. The van der Waals surface area contributed by atoms with E-state index in [2.05, 4.69) is 31.1 Å². The van der Waals surface area contributed by atoms with Gasteiger partial charge in [-0.25, -0.2) is 0 Å². The van der Waals surface area contributed by atoms with Gasteiger partial charge < -0.3 is 5.11 Å². The molecule has 1 rings (SSSR count). The van der Waals surface area contributed by atoms with Crippen molar-refractivity contribution in [3.8, 4) is 23.3 Å². The molecule has 0 bridgehead atoms. The highest BCUT2D eigenvalue weighted by molar-refractivity contribution is 6.83. The van der Waals surface area contributed by atoms with Crippen molar-refractivity contribution in [3.63, 3.8) is 0 Å². The Morgan fingerprint density at radius 3 is 2.40 bits per heavy atom. The fraction of sp³-hybridized carbons (Fsp3) is 0.250. The summed E-state index contributed by atoms with van der Waals surface area (Å²) < 4.78 is 0. The van der Waals surface area contributed by atoms with E-state index in [1.165, 1.54) is 6.07 Å². The number of hydrogen-bond donors (Lipinski definition) is 1. The topological polar surface area (TPSA) is 44.0 Å². The fourth-order valence-electron chi connectivity index (χ4n) is 0.962. The van der Waals surface area contributed by atoms with Crippen molar-refractivity contribution in [1.82, 2.24) is 0 Å². The van der Waals surface area contributed by atoms with E-state index < -0.39 is 8.07 Å². The summed E-state index contributed by atoms with van der Waals surface area (Å²) in [6.45, 7) is 6.42. The highest BCUT2D eigenvalue weighted by Crippen LogP contribution is 2.17. The second-order valence-corrected chi connectivity index (χ2v) is 9.09. The van der Waals surface area contributed by atoms with Crippen LogP contribution in [-0.2, 0) is 0 Å². The lowest BCUT2D eigenvalue weighted by Crippen LogP contribution is -2.16. The molecule has 0 unspecified atom stereocenters. The first kappa shape index (κ1) is 11.4. The summed E-state index contributed by atoms with van der Waals surface area (Å²) in [5.41, 5.74) is 4.21. The molecule has 15 heavy (non-hydrogen) atoms. The summed E-state index contributed by atoms with van der Waals surface area (Å²) in [5.74, 6) is 3.04. The summed E-state index contributed by atoms with van der Waals surface area (Å²) in [7, 11) is -1.42. The third-order valence-corrected chi connectivity index (χ3v) is 2.57. The van der Waals surface area contributed by atoms with Crippen molar-refractivity contribution < 1.29 is 5.11 Å². The van der Waals surface area contributed by atoms with Crippen LogP contribution in [0.25, 0.3) is 0 Å². The summed E-state index contributed by atoms with van der Waals surface area (Å²) in [5, 5.41) is 18.2. The summed E-state index contributed by atoms with van der Waals surface area (Å²) in [6, 6.07) is 6.75. The van der Waals surface area contributed by atoms with Gasteiger partial charge in [0, 0.05) is 0 Å². The summed E-state index contributed by atoms with van der Waals surface area (Å²) in [4.78, 5) is 0. The summed E-state index contributed by atoms with van der Waals surface area (Å²) >= 11 is 0. The second-order valence-electron chi connectivity index (χ2n) is 4.34. The third kappa shape index (κ3) is 3.50. The Bertz CT molecular complexity index is 469. The van der Waals surface area contributed by atoms with Gasteiger partial charge in [0.2, 0.25) is 0 Å². The Morgan fingerprint density at radius 1 is 1.27 bits per heavy atom. The average Bonchev–Trinajstić information content (AvgIpc) is 2.14. The zero-order valence-corrected chi connectivity index (χ0v) is 10.1. The van der Waals surface area contributed by atoms with Crippen molar-refractivity contribution in [2.24, 2.45) is 0 Å². The van der Waals surface area contributed by atoms with E-state index in [0.29, 0.717) is 11.1 Å². The SMILES string of the molecule is C[Si](C)(C)C#Cc1ccc(C#N)cc1O. The monoisotopic (exact) mass is 215 g/mol. The molecule has 0 aromatic heterocycles. The van der Waals surface area contributed by atoms with Crippen LogP contribution in [0.2, 0.25) is 19.6 Å². The van der Waals surface area contributed by atoms with E-state index in [4.69, 9.17) is 5.26 Å². The molecule has 0 radical (unpaired) electrons. The molecule has 0 aliphatic heterocycles. The highest BCUT2D eigenvalue weighted by atomic mass is 28.3.